The Morgan fingerprint density at radius 2 is 1.88 bits per heavy atom. The summed E-state index contributed by atoms with van der Waals surface area (Å²) >= 11 is 0. The van der Waals surface area contributed by atoms with Crippen molar-refractivity contribution in [1.29, 1.82) is 0 Å². The van der Waals surface area contributed by atoms with Gasteiger partial charge in [0, 0.05) is 11.3 Å². The van der Waals surface area contributed by atoms with Gasteiger partial charge in [0.05, 0.1) is 19.6 Å². The highest BCUT2D eigenvalue weighted by atomic mass is 16.5. The third-order valence-electron chi connectivity index (χ3n) is 3.33. The zero-order valence-electron chi connectivity index (χ0n) is 14.4. The average Bonchev–Trinajstić information content (AvgIpc) is 2.54. The van der Waals surface area contributed by atoms with Crippen LogP contribution in [0, 0.1) is 0 Å². The Hall–Kier alpha value is -3.02. The second-order valence-electron chi connectivity index (χ2n) is 5.76. The molecule has 0 spiro atoms. The molecule has 25 heavy (non-hydrogen) atoms. The summed E-state index contributed by atoms with van der Waals surface area (Å²) in [6.45, 7) is 3.81. The van der Waals surface area contributed by atoms with Gasteiger partial charge in [0.25, 0.3) is 5.91 Å². The molecule has 0 unspecified atom stereocenters. The topological polar surface area (TPSA) is 84.9 Å². The molecule has 2 aromatic rings. The maximum absolute atomic E-state index is 12.4. The second-order valence-corrected chi connectivity index (χ2v) is 5.76. The number of amides is 1. The van der Waals surface area contributed by atoms with Crippen LogP contribution in [0.3, 0.4) is 0 Å². The molecule has 6 nitrogen and oxygen atoms in total. The predicted octanol–water partition coefficient (Wildman–Crippen LogP) is 3.36. The lowest BCUT2D eigenvalue weighted by atomic mass is 10.1. The van der Waals surface area contributed by atoms with Crippen LogP contribution in [0.4, 0.5) is 5.69 Å². The minimum atomic E-state index is -0.922. The van der Waals surface area contributed by atoms with Crippen molar-refractivity contribution in [3.63, 3.8) is 0 Å². The lowest BCUT2D eigenvalue weighted by molar-refractivity contribution is -0.136. The summed E-state index contributed by atoms with van der Waals surface area (Å²) in [4.78, 5) is 23.2. The number of carbonyl (C=O) groups is 2. The summed E-state index contributed by atoms with van der Waals surface area (Å²) in [6, 6.07) is 11.7. The number of ether oxygens (including phenoxy) is 2. The van der Waals surface area contributed by atoms with Crippen LogP contribution in [-0.2, 0) is 11.2 Å². The van der Waals surface area contributed by atoms with E-state index in [4.69, 9.17) is 14.6 Å². The van der Waals surface area contributed by atoms with Crippen molar-refractivity contribution in [3.05, 3.63) is 53.6 Å². The molecule has 1 amide bonds. The van der Waals surface area contributed by atoms with Gasteiger partial charge in [-0.05, 0) is 49.7 Å². The summed E-state index contributed by atoms with van der Waals surface area (Å²) in [5.74, 6) is -0.200. The number of rotatable bonds is 7. The van der Waals surface area contributed by atoms with Crippen molar-refractivity contribution in [2.75, 3.05) is 12.4 Å². The molecule has 0 bridgehead atoms. The van der Waals surface area contributed by atoms with Crippen LogP contribution >= 0.6 is 0 Å². The standard InChI is InChI=1S/C19H21NO5/c1-12(2)25-16-8-7-14(11-17(16)24-3)19(23)20-15-6-4-5-13(9-15)10-18(21)22/h4-9,11-12H,10H2,1-3H3,(H,20,23)(H,21,22). The van der Waals surface area contributed by atoms with Crippen LogP contribution in [0.5, 0.6) is 11.5 Å². The maximum atomic E-state index is 12.4. The molecule has 6 heteroatoms. The molecule has 2 rings (SSSR count). The highest BCUT2D eigenvalue weighted by Crippen LogP contribution is 2.29. The van der Waals surface area contributed by atoms with Crippen LogP contribution in [-0.4, -0.2) is 30.2 Å². The first-order valence-electron chi connectivity index (χ1n) is 7.86. The SMILES string of the molecule is COc1cc(C(=O)Nc2cccc(CC(=O)O)c2)ccc1OC(C)C. The first kappa shape index (κ1) is 18.3. The monoisotopic (exact) mass is 343 g/mol. The van der Waals surface area contributed by atoms with E-state index in [0.29, 0.717) is 28.3 Å². The molecule has 0 aliphatic rings. The van der Waals surface area contributed by atoms with Gasteiger partial charge in [0.1, 0.15) is 0 Å². The fourth-order valence-corrected chi connectivity index (χ4v) is 2.30. The maximum Gasteiger partial charge on any atom is 0.307 e. The Kier molecular flexibility index (Phi) is 6.00. The average molecular weight is 343 g/mol. The Bertz CT molecular complexity index is 770. The van der Waals surface area contributed by atoms with E-state index >= 15 is 0 Å². The lowest BCUT2D eigenvalue weighted by Gasteiger charge is -2.14. The molecule has 2 aromatic carbocycles. The molecule has 0 radical (unpaired) electrons. The van der Waals surface area contributed by atoms with Crippen LogP contribution in [0.2, 0.25) is 0 Å². The van der Waals surface area contributed by atoms with Gasteiger partial charge in [-0.3, -0.25) is 9.59 Å². The molecule has 0 heterocycles. The fraction of sp³-hybridized carbons (Fsp3) is 0.263. The summed E-state index contributed by atoms with van der Waals surface area (Å²) in [6.07, 6.45) is -0.107. The molecule has 0 aromatic heterocycles. The molecule has 0 saturated heterocycles. The van der Waals surface area contributed by atoms with E-state index in [1.54, 1.807) is 42.5 Å². The minimum absolute atomic E-state index is 0.00875. The van der Waals surface area contributed by atoms with Gasteiger partial charge in [0.15, 0.2) is 11.5 Å². The van der Waals surface area contributed by atoms with Gasteiger partial charge in [-0.1, -0.05) is 12.1 Å². The first-order chi connectivity index (χ1) is 11.9. The Morgan fingerprint density at radius 1 is 1.12 bits per heavy atom. The van der Waals surface area contributed by atoms with Crippen LogP contribution in [0.15, 0.2) is 42.5 Å². The quantitative estimate of drug-likeness (QED) is 0.805. The van der Waals surface area contributed by atoms with Crippen LogP contribution in [0.25, 0.3) is 0 Å². The summed E-state index contributed by atoms with van der Waals surface area (Å²) in [7, 11) is 1.51. The third kappa shape index (κ3) is 5.24. The summed E-state index contributed by atoms with van der Waals surface area (Å²) < 4.78 is 10.9. The van der Waals surface area contributed by atoms with Crippen molar-refractivity contribution in [3.8, 4) is 11.5 Å². The summed E-state index contributed by atoms with van der Waals surface area (Å²) in [5.41, 5.74) is 1.56. The third-order valence-corrected chi connectivity index (χ3v) is 3.33. The number of hydrogen-bond donors (Lipinski definition) is 2. The van der Waals surface area contributed by atoms with Crippen molar-refractivity contribution in [2.24, 2.45) is 0 Å². The Balaban J connectivity index is 2.16. The van der Waals surface area contributed by atoms with Gasteiger partial charge in [0.2, 0.25) is 0 Å². The van der Waals surface area contributed by atoms with Crippen LogP contribution in [0.1, 0.15) is 29.8 Å². The van der Waals surface area contributed by atoms with E-state index in [-0.39, 0.29) is 18.4 Å². The number of aliphatic carboxylic acids is 1. The largest absolute Gasteiger partial charge is 0.493 e. The van der Waals surface area contributed by atoms with E-state index in [1.807, 2.05) is 13.8 Å². The highest BCUT2D eigenvalue weighted by Gasteiger charge is 2.13. The van der Waals surface area contributed by atoms with Crippen molar-refractivity contribution < 1.29 is 24.2 Å². The molecule has 2 N–H and O–H groups in total. The van der Waals surface area contributed by atoms with E-state index in [0.717, 1.165) is 0 Å². The zero-order valence-corrected chi connectivity index (χ0v) is 14.4. The molecular formula is C19H21NO5. The Labute approximate surface area is 146 Å². The molecule has 0 aliphatic carbocycles. The number of methoxy groups -OCH3 is 1. The highest BCUT2D eigenvalue weighted by molar-refractivity contribution is 6.04. The molecule has 0 aliphatic heterocycles. The van der Waals surface area contributed by atoms with Gasteiger partial charge < -0.3 is 19.9 Å². The zero-order chi connectivity index (χ0) is 18.4. The predicted molar refractivity (Wildman–Crippen MR) is 94.5 cm³/mol. The first-order valence-corrected chi connectivity index (χ1v) is 7.86. The summed E-state index contributed by atoms with van der Waals surface area (Å²) in [5, 5.41) is 11.6. The molecule has 0 atom stereocenters. The van der Waals surface area contributed by atoms with E-state index < -0.39 is 5.97 Å². The van der Waals surface area contributed by atoms with Crippen molar-refractivity contribution in [2.45, 2.75) is 26.4 Å². The smallest absolute Gasteiger partial charge is 0.307 e. The fourth-order valence-electron chi connectivity index (χ4n) is 2.30. The number of anilines is 1. The number of carboxylic acid groups (broad SMARTS) is 1. The Morgan fingerprint density at radius 3 is 2.52 bits per heavy atom. The van der Waals surface area contributed by atoms with Gasteiger partial charge in [-0.2, -0.15) is 0 Å². The second kappa shape index (κ2) is 8.19. The normalized spacial score (nSPS) is 10.4. The van der Waals surface area contributed by atoms with Gasteiger partial charge in [-0.25, -0.2) is 0 Å². The number of nitrogens with one attached hydrogen (secondary N) is 1. The van der Waals surface area contributed by atoms with Crippen molar-refractivity contribution >= 4 is 17.6 Å². The number of benzene rings is 2. The van der Waals surface area contributed by atoms with Crippen LogP contribution < -0.4 is 14.8 Å². The number of hydrogen-bond acceptors (Lipinski definition) is 4. The molecule has 0 saturated carbocycles. The lowest BCUT2D eigenvalue weighted by Crippen LogP contribution is -2.13. The van der Waals surface area contributed by atoms with Gasteiger partial charge >= 0.3 is 5.97 Å². The van der Waals surface area contributed by atoms with E-state index in [9.17, 15) is 9.59 Å². The number of carbonyl (C=O) groups excluding carboxylic acids is 1. The minimum Gasteiger partial charge on any atom is -0.493 e. The van der Waals surface area contributed by atoms with E-state index in [2.05, 4.69) is 5.32 Å². The number of carboxylic acids is 1. The molecular weight excluding hydrogens is 322 g/mol. The van der Waals surface area contributed by atoms with Crippen molar-refractivity contribution in [1.82, 2.24) is 0 Å². The van der Waals surface area contributed by atoms with Gasteiger partial charge in [-0.15, -0.1) is 0 Å². The molecule has 132 valence electrons. The molecule has 0 fully saturated rings. The van der Waals surface area contributed by atoms with E-state index in [1.165, 1.54) is 7.11 Å².